The number of amides is 4. The number of carbonyl (C=O) groups is 3. The van der Waals surface area contributed by atoms with Crippen LogP contribution in [0.2, 0.25) is 5.02 Å². The van der Waals surface area contributed by atoms with Gasteiger partial charge in [0.15, 0.2) is 0 Å². The predicted octanol–water partition coefficient (Wildman–Crippen LogP) is 3.42. The molecule has 1 aromatic carbocycles. The summed E-state index contributed by atoms with van der Waals surface area (Å²) in [6, 6.07) is 3.02. The standard InChI is InChI=1S/C25H32ClFN4O3/c1-15(30-4-6-31(7-5-30)23(33)20-11-19(26)2-3-21(20)27)22(32)28-24(34)29-25-12-16-8-17(13-25)10-18(9-16)14-25/h2-3,11,15-18H,4-10,12-14H2,1H3,(H2,28,29,32,34). The van der Waals surface area contributed by atoms with E-state index in [4.69, 9.17) is 11.6 Å². The van der Waals surface area contributed by atoms with Crippen LogP contribution in [0.4, 0.5) is 9.18 Å². The molecule has 2 N–H and O–H groups in total. The van der Waals surface area contributed by atoms with Crippen LogP contribution in [0.25, 0.3) is 0 Å². The van der Waals surface area contributed by atoms with Crippen molar-refractivity contribution in [3.8, 4) is 0 Å². The molecule has 4 aliphatic carbocycles. The third kappa shape index (κ3) is 4.67. The molecule has 1 aliphatic heterocycles. The number of nitrogens with zero attached hydrogens (tertiary/aromatic N) is 2. The number of piperazine rings is 1. The average Bonchev–Trinajstić information content (AvgIpc) is 2.78. The number of carbonyl (C=O) groups excluding carboxylic acids is 3. The highest BCUT2D eigenvalue weighted by Crippen LogP contribution is 2.55. The van der Waals surface area contributed by atoms with Crippen molar-refractivity contribution >= 4 is 29.4 Å². The quantitative estimate of drug-likeness (QED) is 0.677. The van der Waals surface area contributed by atoms with Crippen molar-refractivity contribution in [3.63, 3.8) is 0 Å². The van der Waals surface area contributed by atoms with E-state index in [1.54, 1.807) is 11.8 Å². The molecule has 1 atom stereocenters. The predicted molar refractivity (Wildman–Crippen MR) is 126 cm³/mol. The summed E-state index contributed by atoms with van der Waals surface area (Å²) in [6.45, 7) is 3.41. The number of benzene rings is 1. The number of rotatable bonds is 4. The second-order valence-corrected chi connectivity index (χ2v) is 11.2. The van der Waals surface area contributed by atoms with Crippen LogP contribution in [-0.2, 0) is 4.79 Å². The normalized spacial score (nSPS) is 31.3. The Morgan fingerprint density at radius 1 is 1.03 bits per heavy atom. The molecule has 0 aromatic heterocycles. The molecule has 1 heterocycles. The Balaban J connectivity index is 1.12. The van der Waals surface area contributed by atoms with E-state index in [2.05, 4.69) is 10.6 Å². The molecule has 6 rings (SSSR count). The van der Waals surface area contributed by atoms with E-state index in [0.717, 1.165) is 19.3 Å². The Bertz CT molecular complexity index is 959. The molecule has 9 heteroatoms. The Morgan fingerprint density at radius 2 is 1.62 bits per heavy atom. The molecule has 1 unspecified atom stereocenters. The zero-order valence-corrected chi connectivity index (χ0v) is 20.2. The Labute approximate surface area is 204 Å². The largest absolute Gasteiger partial charge is 0.336 e. The third-order valence-corrected chi connectivity index (χ3v) is 8.58. The highest BCUT2D eigenvalue weighted by molar-refractivity contribution is 6.31. The topological polar surface area (TPSA) is 81.8 Å². The van der Waals surface area contributed by atoms with Crippen molar-refractivity contribution in [2.75, 3.05) is 26.2 Å². The molecule has 34 heavy (non-hydrogen) atoms. The van der Waals surface area contributed by atoms with E-state index in [0.29, 0.717) is 49.0 Å². The maximum Gasteiger partial charge on any atom is 0.321 e. The SMILES string of the molecule is CC(C(=O)NC(=O)NC12CC3CC(CC(C3)C1)C2)N1CCN(C(=O)c2cc(Cl)ccc2F)CC1. The number of urea groups is 1. The van der Waals surface area contributed by atoms with Gasteiger partial charge in [0, 0.05) is 36.7 Å². The first kappa shape index (κ1) is 23.5. The molecule has 184 valence electrons. The molecular weight excluding hydrogens is 459 g/mol. The summed E-state index contributed by atoms with van der Waals surface area (Å²) in [5, 5.41) is 6.03. The number of nitrogens with one attached hydrogen (secondary N) is 2. The molecule has 7 nitrogen and oxygen atoms in total. The first-order valence-electron chi connectivity index (χ1n) is 12.3. The van der Waals surface area contributed by atoms with Gasteiger partial charge in [-0.05, 0) is 81.4 Å². The molecule has 0 spiro atoms. The van der Waals surface area contributed by atoms with Gasteiger partial charge in [-0.15, -0.1) is 0 Å². The van der Waals surface area contributed by atoms with Gasteiger partial charge in [0.25, 0.3) is 5.91 Å². The van der Waals surface area contributed by atoms with Gasteiger partial charge in [0.2, 0.25) is 5.91 Å². The summed E-state index contributed by atoms with van der Waals surface area (Å²) < 4.78 is 14.1. The summed E-state index contributed by atoms with van der Waals surface area (Å²) in [5.41, 5.74) is -0.197. The van der Waals surface area contributed by atoms with E-state index < -0.39 is 23.8 Å². The summed E-state index contributed by atoms with van der Waals surface area (Å²) in [7, 11) is 0. The van der Waals surface area contributed by atoms with Crippen LogP contribution in [0.5, 0.6) is 0 Å². The molecule has 1 aromatic rings. The minimum Gasteiger partial charge on any atom is -0.336 e. The van der Waals surface area contributed by atoms with Gasteiger partial charge in [-0.3, -0.25) is 19.8 Å². The monoisotopic (exact) mass is 490 g/mol. The molecule has 5 fully saturated rings. The zero-order chi connectivity index (χ0) is 24.0. The first-order valence-corrected chi connectivity index (χ1v) is 12.7. The zero-order valence-electron chi connectivity index (χ0n) is 19.5. The van der Waals surface area contributed by atoms with Gasteiger partial charge < -0.3 is 10.2 Å². The van der Waals surface area contributed by atoms with E-state index in [9.17, 15) is 18.8 Å². The fraction of sp³-hybridized carbons (Fsp3) is 0.640. The van der Waals surface area contributed by atoms with Gasteiger partial charge in [0.1, 0.15) is 5.82 Å². The lowest BCUT2D eigenvalue weighted by Gasteiger charge is -2.56. The lowest BCUT2D eigenvalue weighted by atomic mass is 9.53. The van der Waals surface area contributed by atoms with E-state index in [-0.39, 0.29) is 17.0 Å². The molecule has 4 saturated carbocycles. The third-order valence-electron chi connectivity index (χ3n) is 8.34. The van der Waals surface area contributed by atoms with Crippen LogP contribution in [0.15, 0.2) is 18.2 Å². The number of hydrogen-bond acceptors (Lipinski definition) is 4. The Hall–Kier alpha value is -2.19. The lowest BCUT2D eigenvalue weighted by molar-refractivity contribution is -0.125. The van der Waals surface area contributed by atoms with Crippen LogP contribution in [0.3, 0.4) is 0 Å². The van der Waals surface area contributed by atoms with E-state index in [1.165, 1.54) is 37.5 Å². The fourth-order valence-corrected chi connectivity index (χ4v) is 7.23. The minimum absolute atomic E-state index is 0.0481. The van der Waals surface area contributed by atoms with Crippen LogP contribution in [-0.4, -0.2) is 65.4 Å². The van der Waals surface area contributed by atoms with Gasteiger partial charge in [-0.25, -0.2) is 9.18 Å². The van der Waals surface area contributed by atoms with Crippen molar-refractivity contribution in [2.45, 2.75) is 57.0 Å². The molecule has 4 bridgehead atoms. The van der Waals surface area contributed by atoms with Crippen LogP contribution in [0.1, 0.15) is 55.8 Å². The summed E-state index contributed by atoms with van der Waals surface area (Å²) >= 11 is 5.92. The first-order chi connectivity index (χ1) is 16.2. The van der Waals surface area contributed by atoms with Crippen molar-refractivity contribution in [1.82, 2.24) is 20.4 Å². The van der Waals surface area contributed by atoms with Crippen LogP contribution >= 0.6 is 11.6 Å². The van der Waals surface area contributed by atoms with Crippen molar-refractivity contribution in [3.05, 3.63) is 34.6 Å². The Morgan fingerprint density at radius 3 is 2.21 bits per heavy atom. The maximum atomic E-state index is 14.1. The minimum atomic E-state index is -0.602. The van der Waals surface area contributed by atoms with Crippen molar-refractivity contribution in [2.24, 2.45) is 17.8 Å². The number of imide groups is 1. The summed E-state index contributed by atoms with van der Waals surface area (Å²) in [5.74, 6) is 0.769. The molecular formula is C25H32ClFN4O3. The van der Waals surface area contributed by atoms with Crippen molar-refractivity contribution in [1.29, 1.82) is 0 Å². The second-order valence-electron chi connectivity index (χ2n) is 10.8. The van der Waals surface area contributed by atoms with E-state index in [1.807, 2.05) is 4.90 Å². The van der Waals surface area contributed by atoms with Crippen LogP contribution < -0.4 is 10.6 Å². The van der Waals surface area contributed by atoms with E-state index >= 15 is 0 Å². The van der Waals surface area contributed by atoms with Gasteiger partial charge >= 0.3 is 6.03 Å². The lowest BCUT2D eigenvalue weighted by Crippen LogP contribution is -2.63. The summed E-state index contributed by atoms with van der Waals surface area (Å²) in [4.78, 5) is 41.7. The number of hydrogen-bond donors (Lipinski definition) is 2. The molecule has 5 aliphatic rings. The highest BCUT2D eigenvalue weighted by Gasteiger charge is 2.51. The maximum absolute atomic E-state index is 14.1. The highest BCUT2D eigenvalue weighted by atomic mass is 35.5. The van der Waals surface area contributed by atoms with Crippen LogP contribution in [0, 0.1) is 23.6 Å². The van der Waals surface area contributed by atoms with Gasteiger partial charge in [-0.2, -0.15) is 0 Å². The summed E-state index contributed by atoms with van der Waals surface area (Å²) in [6.07, 6.45) is 6.95. The second kappa shape index (κ2) is 9.11. The molecule has 4 amide bonds. The average molecular weight is 491 g/mol. The van der Waals surface area contributed by atoms with Gasteiger partial charge in [-0.1, -0.05) is 11.6 Å². The van der Waals surface area contributed by atoms with Crippen molar-refractivity contribution < 1.29 is 18.8 Å². The smallest absolute Gasteiger partial charge is 0.321 e. The van der Waals surface area contributed by atoms with Gasteiger partial charge in [0.05, 0.1) is 11.6 Å². The Kier molecular flexibility index (Phi) is 6.31. The fourth-order valence-electron chi connectivity index (χ4n) is 7.06. The molecule has 1 saturated heterocycles. The molecule has 0 radical (unpaired) electrons. The number of halogens is 2.